The van der Waals surface area contributed by atoms with Crippen LogP contribution in [-0.2, 0) is 9.53 Å². The van der Waals surface area contributed by atoms with Gasteiger partial charge >= 0.3 is 5.97 Å². The van der Waals surface area contributed by atoms with E-state index in [2.05, 4.69) is 19.8 Å². The number of pyridine rings is 1. The van der Waals surface area contributed by atoms with Gasteiger partial charge in [0.2, 0.25) is 0 Å². The average molecular weight is 403 g/mol. The van der Waals surface area contributed by atoms with E-state index in [0.717, 1.165) is 11.9 Å². The third-order valence-corrected chi connectivity index (χ3v) is 5.38. The van der Waals surface area contributed by atoms with E-state index in [1.54, 1.807) is 25.3 Å². The van der Waals surface area contributed by atoms with Crippen LogP contribution in [-0.4, -0.2) is 59.3 Å². The standard InChI is InChI=1S/C16H22N4O4S.ClH/c1-3-24-15(22)13(18-14(21)12-5-4-8-17-11-12)16(25-19-23)6-9-20(2)10-7-16;/h4-5,8,11,13H,3,6-7,9-10H2,1-2H3,(H,18,21);1H. The van der Waals surface area contributed by atoms with Crippen LogP contribution in [0.4, 0.5) is 0 Å². The Morgan fingerprint density at radius 2 is 2.15 bits per heavy atom. The smallest absolute Gasteiger partial charge is 0.330 e. The van der Waals surface area contributed by atoms with Crippen molar-refractivity contribution in [3.8, 4) is 0 Å². The number of rotatable bonds is 7. The Balaban J connectivity index is 0.00000338. The predicted molar refractivity (Wildman–Crippen MR) is 102 cm³/mol. The molecule has 0 radical (unpaired) electrons. The van der Waals surface area contributed by atoms with Crippen molar-refractivity contribution in [3.63, 3.8) is 0 Å². The fourth-order valence-corrected chi connectivity index (χ4v) is 3.62. The highest BCUT2D eigenvalue weighted by Gasteiger charge is 2.48. The highest BCUT2D eigenvalue weighted by atomic mass is 35.5. The minimum atomic E-state index is -0.962. The molecule has 1 atom stereocenters. The molecule has 1 N–H and O–H groups in total. The lowest BCUT2D eigenvalue weighted by Crippen LogP contribution is -2.59. The minimum Gasteiger partial charge on any atom is -0.464 e. The Morgan fingerprint density at radius 1 is 1.46 bits per heavy atom. The van der Waals surface area contributed by atoms with Crippen molar-refractivity contribution in [1.29, 1.82) is 0 Å². The van der Waals surface area contributed by atoms with Crippen molar-refractivity contribution in [2.24, 2.45) is 4.58 Å². The third-order valence-electron chi connectivity index (χ3n) is 4.30. The molecule has 1 saturated heterocycles. The number of nitrogens with one attached hydrogen (secondary N) is 1. The maximum atomic E-state index is 12.5. The second-order valence-corrected chi connectivity index (χ2v) is 7.08. The molecule has 2 rings (SSSR count). The topological polar surface area (TPSA) is 101 Å². The molecule has 1 aliphatic rings. The number of amides is 1. The maximum Gasteiger partial charge on any atom is 0.330 e. The van der Waals surface area contributed by atoms with Crippen molar-refractivity contribution < 1.29 is 14.3 Å². The van der Waals surface area contributed by atoms with Crippen LogP contribution in [0.2, 0.25) is 0 Å². The highest BCUT2D eigenvalue weighted by molar-refractivity contribution is 7.99. The number of halogens is 1. The van der Waals surface area contributed by atoms with Crippen LogP contribution in [0, 0.1) is 4.91 Å². The molecule has 0 bridgehead atoms. The number of hydrogen-bond acceptors (Lipinski definition) is 8. The molecule has 0 spiro atoms. The molecule has 0 aliphatic carbocycles. The molecule has 0 saturated carbocycles. The van der Waals surface area contributed by atoms with Crippen LogP contribution >= 0.6 is 24.4 Å². The number of ether oxygens (including phenoxy) is 1. The molecule has 8 nitrogen and oxygen atoms in total. The molecule has 1 aliphatic heterocycles. The normalized spacial score (nSPS) is 17.5. The van der Waals surface area contributed by atoms with Gasteiger partial charge in [-0.05, 0) is 52.0 Å². The summed E-state index contributed by atoms with van der Waals surface area (Å²) < 4.78 is 7.31. The molecule has 144 valence electrons. The van der Waals surface area contributed by atoms with Crippen molar-refractivity contribution >= 4 is 36.2 Å². The summed E-state index contributed by atoms with van der Waals surface area (Å²) in [6.07, 6.45) is 4.06. The summed E-state index contributed by atoms with van der Waals surface area (Å²) in [5.74, 6) is -0.989. The van der Waals surface area contributed by atoms with Crippen molar-refractivity contribution in [3.05, 3.63) is 35.0 Å². The van der Waals surface area contributed by atoms with Crippen molar-refractivity contribution in [2.45, 2.75) is 30.6 Å². The summed E-state index contributed by atoms with van der Waals surface area (Å²) in [6, 6.07) is 2.29. The van der Waals surface area contributed by atoms with E-state index in [4.69, 9.17) is 4.74 Å². The minimum absolute atomic E-state index is 0. The Morgan fingerprint density at radius 3 is 2.69 bits per heavy atom. The molecule has 1 aromatic rings. The lowest BCUT2D eigenvalue weighted by molar-refractivity contribution is -0.146. The van der Waals surface area contributed by atoms with Gasteiger partial charge < -0.3 is 15.0 Å². The monoisotopic (exact) mass is 402 g/mol. The second-order valence-electron chi connectivity index (χ2n) is 5.93. The molecule has 0 aromatic carbocycles. The molecule has 1 amide bonds. The largest absolute Gasteiger partial charge is 0.464 e. The molecular weight excluding hydrogens is 380 g/mol. The van der Waals surface area contributed by atoms with E-state index in [1.807, 2.05) is 7.05 Å². The number of carbonyl (C=O) groups is 2. The number of piperidine rings is 1. The first-order chi connectivity index (χ1) is 12.0. The molecule has 10 heteroatoms. The Labute approximate surface area is 163 Å². The van der Waals surface area contributed by atoms with E-state index in [-0.39, 0.29) is 19.0 Å². The quantitative estimate of drug-likeness (QED) is 0.423. The third kappa shape index (κ3) is 5.39. The van der Waals surface area contributed by atoms with Crippen LogP contribution in [0.3, 0.4) is 0 Å². The lowest BCUT2D eigenvalue weighted by atomic mass is 9.88. The average Bonchev–Trinajstić information content (AvgIpc) is 2.63. The Bertz CT molecular complexity index is 612. The molecular formula is C16H23ClN4O4S. The first-order valence-electron chi connectivity index (χ1n) is 8.09. The number of aromatic nitrogens is 1. The summed E-state index contributed by atoms with van der Waals surface area (Å²) in [5, 5.41) is 2.74. The predicted octanol–water partition coefficient (Wildman–Crippen LogP) is 2.04. The first kappa shape index (κ1) is 22.3. The van der Waals surface area contributed by atoms with E-state index in [9.17, 15) is 14.5 Å². The number of likely N-dealkylation sites (tertiary alicyclic amines) is 1. The highest BCUT2D eigenvalue weighted by Crippen LogP contribution is 2.40. The molecule has 1 fully saturated rings. The Kier molecular flexibility index (Phi) is 8.97. The van der Waals surface area contributed by atoms with Gasteiger partial charge in [-0.3, -0.25) is 9.78 Å². The van der Waals surface area contributed by atoms with Gasteiger partial charge in [-0.2, -0.15) is 0 Å². The zero-order valence-electron chi connectivity index (χ0n) is 14.7. The van der Waals surface area contributed by atoms with Crippen molar-refractivity contribution in [2.75, 3.05) is 26.7 Å². The number of esters is 1. The molecule has 26 heavy (non-hydrogen) atoms. The van der Waals surface area contributed by atoms with Gasteiger partial charge in [0.1, 0.15) is 6.04 Å². The molecule has 1 aromatic heterocycles. The van der Waals surface area contributed by atoms with Gasteiger partial charge in [0.05, 0.1) is 16.9 Å². The fraction of sp³-hybridized carbons (Fsp3) is 0.562. The number of hydrogen-bond donors (Lipinski definition) is 1. The van der Waals surface area contributed by atoms with Gasteiger partial charge in [0, 0.05) is 28.9 Å². The van der Waals surface area contributed by atoms with Gasteiger partial charge in [0.15, 0.2) is 0 Å². The van der Waals surface area contributed by atoms with Crippen LogP contribution in [0.25, 0.3) is 0 Å². The first-order valence-corrected chi connectivity index (χ1v) is 8.86. The van der Waals surface area contributed by atoms with E-state index in [0.29, 0.717) is 31.5 Å². The SMILES string of the molecule is CCOC(=O)C(NC(=O)c1cccnc1)C1(SN=O)CCN(C)CC1.Cl. The van der Waals surface area contributed by atoms with Crippen molar-refractivity contribution in [1.82, 2.24) is 15.2 Å². The summed E-state index contributed by atoms with van der Waals surface area (Å²) in [5.41, 5.74) is 0.337. The van der Waals surface area contributed by atoms with Gasteiger partial charge in [-0.1, -0.05) is 0 Å². The summed E-state index contributed by atoms with van der Waals surface area (Å²) in [4.78, 5) is 42.1. The lowest BCUT2D eigenvalue weighted by Gasteiger charge is -2.42. The van der Waals surface area contributed by atoms with Gasteiger partial charge in [-0.15, -0.1) is 17.3 Å². The number of nitrogens with zero attached hydrogens (tertiary/aromatic N) is 3. The summed E-state index contributed by atoms with van der Waals surface area (Å²) >= 11 is 0.813. The zero-order chi connectivity index (χ0) is 18.3. The zero-order valence-corrected chi connectivity index (χ0v) is 16.3. The number of carbonyl (C=O) groups excluding carboxylic acids is 2. The van der Waals surface area contributed by atoms with Crippen LogP contribution in [0.15, 0.2) is 29.1 Å². The molecule has 2 heterocycles. The van der Waals surface area contributed by atoms with E-state index in [1.165, 1.54) is 6.20 Å². The molecule has 1 unspecified atom stereocenters. The second kappa shape index (κ2) is 10.4. The van der Waals surface area contributed by atoms with Gasteiger partial charge in [0.25, 0.3) is 5.91 Å². The Hall–Kier alpha value is -1.71. The summed E-state index contributed by atoms with van der Waals surface area (Å²) in [6.45, 7) is 3.28. The maximum absolute atomic E-state index is 12.5. The fourth-order valence-electron chi connectivity index (χ4n) is 2.85. The van der Waals surface area contributed by atoms with Crippen LogP contribution in [0.5, 0.6) is 0 Å². The van der Waals surface area contributed by atoms with E-state index >= 15 is 0 Å². The number of nitroso groups, excluding NO2 is 1. The summed E-state index contributed by atoms with van der Waals surface area (Å²) in [7, 11) is 1.97. The van der Waals surface area contributed by atoms with Gasteiger partial charge in [-0.25, -0.2) is 4.79 Å². The van der Waals surface area contributed by atoms with E-state index < -0.39 is 22.7 Å². The van der Waals surface area contributed by atoms with Crippen LogP contribution in [0.1, 0.15) is 30.1 Å². The van der Waals surface area contributed by atoms with Crippen LogP contribution < -0.4 is 5.32 Å².